The summed E-state index contributed by atoms with van der Waals surface area (Å²) >= 11 is 3.23. The van der Waals surface area contributed by atoms with E-state index in [1.807, 2.05) is 0 Å². The largest absolute Gasteiger partial charge is 0.375 e. The van der Waals surface area contributed by atoms with Gasteiger partial charge in [0.25, 0.3) is 0 Å². The van der Waals surface area contributed by atoms with Crippen LogP contribution in [0.4, 0.5) is 5.13 Å². The van der Waals surface area contributed by atoms with Gasteiger partial charge in [0, 0.05) is 10.6 Å². The maximum atomic E-state index is 5.76. The molecule has 80 valence electrons. The first-order valence-electron chi connectivity index (χ1n) is 4.90. The molecule has 5 nitrogen and oxygen atoms in total. The second-order valence-electron chi connectivity index (χ2n) is 3.69. The van der Waals surface area contributed by atoms with Crippen molar-refractivity contribution in [2.24, 2.45) is 0 Å². The molecule has 4 rings (SSSR count). The molecule has 0 saturated heterocycles. The summed E-state index contributed by atoms with van der Waals surface area (Å²) in [5.41, 5.74) is 8.08. The van der Waals surface area contributed by atoms with Crippen LogP contribution in [0.1, 0.15) is 10.6 Å². The van der Waals surface area contributed by atoms with E-state index in [4.69, 9.17) is 5.73 Å². The molecule has 2 N–H and O–H groups in total. The van der Waals surface area contributed by atoms with Crippen LogP contribution in [0.15, 0.2) is 6.33 Å². The van der Waals surface area contributed by atoms with Gasteiger partial charge >= 0.3 is 0 Å². The number of nitrogens with two attached hydrogens (primary N) is 1. The molecule has 0 spiro atoms. The smallest absolute Gasteiger partial charge is 0.216 e. The van der Waals surface area contributed by atoms with E-state index in [-0.39, 0.29) is 0 Å². The van der Waals surface area contributed by atoms with E-state index in [9.17, 15) is 0 Å². The van der Waals surface area contributed by atoms with Gasteiger partial charge < -0.3 is 5.73 Å². The number of aryl methyl sites for hydroxylation is 2. The quantitative estimate of drug-likeness (QED) is 0.657. The van der Waals surface area contributed by atoms with Gasteiger partial charge in [-0.15, -0.1) is 21.5 Å². The number of anilines is 1. The third kappa shape index (κ3) is 0.966. The summed E-state index contributed by atoms with van der Waals surface area (Å²) in [6.07, 6.45) is 3.80. The molecular weight excluding hydrogens is 242 g/mol. The van der Waals surface area contributed by atoms with E-state index in [0.29, 0.717) is 5.13 Å². The van der Waals surface area contributed by atoms with Crippen molar-refractivity contribution in [1.82, 2.24) is 19.6 Å². The molecule has 1 aliphatic rings. The lowest BCUT2D eigenvalue weighted by Crippen LogP contribution is -2.02. The van der Waals surface area contributed by atoms with E-state index in [2.05, 4.69) is 19.6 Å². The average Bonchev–Trinajstić information content (AvgIpc) is 2.87. The standard InChI is InChI=1S/C9H7N5S2/c10-8-12-6-5(15-8)2-1-4-7(6)16-9-13-11-3-14(4)9/h3H,1-2H2,(H2,10,12). The van der Waals surface area contributed by atoms with Crippen LogP contribution in [-0.2, 0) is 12.8 Å². The maximum Gasteiger partial charge on any atom is 0.216 e. The van der Waals surface area contributed by atoms with Gasteiger partial charge in [-0.1, -0.05) is 11.3 Å². The number of hydrogen-bond donors (Lipinski definition) is 1. The zero-order valence-corrected chi connectivity index (χ0v) is 9.81. The van der Waals surface area contributed by atoms with Gasteiger partial charge in [-0.3, -0.25) is 4.40 Å². The zero-order chi connectivity index (χ0) is 10.7. The summed E-state index contributed by atoms with van der Waals surface area (Å²) in [6, 6.07) is 0. The summed E-state index contributed by atoms with van der Waals surface area (Å²) in [5, 5.41) is 8.65. The predicted molar refractivity (Wildman–Crippen MR) is 63.8 cm³/mol. The van der Waals surface area contributed by atoms with E-state index < -0.39 is 0 Å². The highest BCUT2D eigenvalue weighted by Crippen LogP contribution is 2.41. The fraction of sp³-hybridized carbons (Fsp3) is 0.222. The lowest BCUT2D eigenvalue weighted by molar-refractivity contribution is 0.890. The first kappa shape index (κ1) is 8.66. The number of nitrogen functional groups attached to an aromatic ring is 1. The minimum absolute atomic E-state index is 0.655. The van der Waals surface area contributed by atoms with Crippen molar-refractivity contribution < 1.29 is 0 Å². The molecule has 0 saturated carbocycles. The molecule has 0 bridgehead atoms. The summed E-state index contributed by atoms with van der Waals surface area (Å²) in [4.78, 5) is 7.85. The number of nitrogens with zero attached hydrogens (tertiary/aromatic N) is 4. The minimum Gasteiger partial charge on any atom is -0.375 e. The predicted octanol–water partition coefficient (Wildman–Crippen LogP) is 1.60. The van der Waals surface area contributed by atoms with Crippen LogP contribution in [-0.4, -0.2) is 19.6 Å². The molecule has 0 aromatic carbocycles. The van der Waals surface area contributed by atoms with Crippen molar-refractivity contribution in [1.29, 1.82) is 0 Å². The summed E-state index contributed by atoms with van der Waals surface area (Å²) in [5.74, 6) is 0. The van der Waals surface area contributed by atoms with Crippen LogP contribution in [0, 0.1) is 0 Å². The fourth-order valence-corrected chi connectivity index (χ4v) is 4.12. The molecule has 3 aromatic heterocycles. The first-order chi connectivity index (χ1) is 7.83. The summed E-state index contributed by atoms with van der Waals surface area (Å²) in [6.45, 7) is 0. The Labute approximate surface area is 98.6 Å². The Hall–Kier alpha value is -1.47. The van der Waals surface area contributed by atoms with Gasteiger partial charge in [-0.05, 0) is 12.8 Å². The van der Waals surface area contributed by atoms with Crippen LogP contribution in [0.5, 0.6) is 0 Å². The van der Waals surface area contributed by atoms with E-state index in [1.165, 1.54) is 15.4 Å². The maximum absolute atomic E-state index is 5.76. The van der Waals surface area contributed by atoms with Gasteiger partial charge in [0.05, 0.1) is 10.6 Å². The van der Waals surface area contributed by atoms with Gasteiger partial charge in [0.2, 0.25) is 4.96 Å². The molecule has 0 unspecified atom stereocenters. The molecule has 3 heterocycles. The van der Waals surface area contributed by atoms with Crippen molar-refractivity contribution in [3.63, 3.8) is 0 Å². The Morgan fingerprint density at radius 2 is 2.25 bits per heavy atom. The zero-order valence-electron chi connectivity index (χ0n) is 8.17. The van der Waals surface area contributed by atoms with Crippen molar-refractivity contribution in [3.05, 3.63) is 16.9 Å². The van der Waals surface area contributed by atoms with Crippen molar-refractivity contribution in [2.75, 3.05) is 5.73 Å². The van der Waals surface area contributed by atoms with Crippen LogP contribution in [0.25, 0.3) is 15.5 Å². The van der Waals surface area contributed by atoms with Crippen LogP contribution in [0.3, 0.4) is 0 Å². The minimum atomic E-state index is 0.655. The number of thiazole rings is 2. The summed E-state index contributed by atoms with van der Waals surface area (Å²) in [7, 11) is 0. The number of aromatic nitrogens is 4. The highest BCUT2D eigenvalue weighted by Gasteiger charge is 2.25. The number of rotatable bonds is 0. The van der Waals surface area contributed by atoms with Gasteiger partial charge in [0.15, 0.2) is 5.13 Å². The van der Waals surface area contributed by atoms with E-state index in [1.54, 1.807) is 29.0 Å². The summed E-state index contributed by atoms with van der Waals surface area (Å²) < 4.78 is 2.05. The Morgan fingerprint density at radius 1 is 1.31 bits per heavy atom. The molecule has 0 fully saturated rings. The Bertz CT molecular complexity index is 692. The first-order valence-corrected chi connectivity index (χ1v) is 6.53. The molecule has 0 amide bonds. The number of fused-ring (bicyclic) bond motifs is 5. The van der Waals surface area contributed by atoms with E-state index in [0.717, 1.165) is 23.5 Å². The number of hydrogen-bond acceptors (Lipinski definition) is 6. The monoisotopic (exact) mass is 249 g/mol. The second kappa shape index (κ2) is 2.80. The third-order valence-electron chi connectivity index (χ3n) is 2.78. The Balaban J connectivity index is 2.09. The Kier molecular flexibility index (Phi) is 1.52. The van der Waals surface area contributed by atoms with Crippen LogP contribution < -0.4 is 5.73 Å². The highest BCUT2D eigenvalue weighted by molar-refractivity contribution is 7.21. The van der Waals surface area contributed by atoms with Gasteiger partial charge in [-0.25, -0.2) is 4.98 Å². The lowest BCUT2D eigenvalue weighted by Gasteiger charge is -2.09. The lowest BCUT2D eigenvalue weighted by atomic mass is 10.1. The molecule has 16 heavy (non-hydrogen) atoms. The second-order valence-corrected chi connectivity index (χ2v) is 5.78. The topological polar surface area (TPSA) is 69.1 Å². The van der Waals surface area contributed by atoms with Crippen LogP contribution in [0.2, 0.25) is 0 Å². The highest BCUT2D eigenvalue weighted by atomic mass is 32.1. The van der Waals surface area contributed by atoms with Crippen molar-refractivity contribution in [2.45, 2.75) is 12.8 Å². The average molecular weight is 249 g/mol. The third-order valence-corrected chi connectivity index (χ3v) is 4.82. The molecule has 0 atom stereocenters. The molecule has 0 radical (unpaired) electrons. The van der Waals surface area contributed by atoms with Crippen LogP contribution >= 0.6 is 22.7 Å². The van der Waals surface area contributed by atoms with Crippen molar-refractivity contribution in [3.8, 4) is 10.6 Å². The van der Waals surface area contributed by atoms with Gasteiger partial charge in [0.1, 0.15) is 6.33 Å². The molecular formula is C9H7N5S2. The Morgan fingerprint density at radius 3 is 3.19 bits per heavy atom. The fourth-order valence-electron chi connectivity index (χ4n) is 2.11. The molecule has 1 aliphatic carbocycles. The molecule has 3 aromatic rings. The van der Waals surface area contributed by atoms with Gasteiger partial charge in [-0.2, -0.15) is 0 Å². The molecule has 0 aliphatic heterocycles. The van der Waals surface area contributed by atoms with E-state index >= 15 is 0 Å². The molecule has 7 heteroatoms. The normalized spacial score (nSPS) is 14.0. The van der Waals surface area contributed by atoms with Crippen molar-refractivity contribution >= 4 is 32.8 Å². The SMILES string of the molecule is Nc1nc2c(s1)CCc1c-2sc2nncn12.